The Morgan fingerprint density at radius 2 is 2.28 bits per heavy atom. The minimum absolute atomic E-state index is 0.270. The zero-order valence-electron chi connectivity index (χ0n) is 10.4. The molecule has 0 aromatic heterocycles. The lowest BCUT2D eigenvalue weighted by Crippen LogP contribution is -2.43. The van der Waals surface area contributed by atoms with Crippen LogP contribution in [0.25, 0.3) is 0 Å². The fourth-order valence-corrected chi connectivity index (χ4v) is 2.63. The second-order valence-electron chi connectivity index (χ2n) is 5.15. The fourth-order valence-electron chi connectivity index (χ4n) is 2.44. The third-order valence-corrected chi connectivity index (χ3v) is 4.02. The van der Waals surface area contributed by atoms with Crippen LogP contribution >= 0.6 is 11.6 Å². The maximum Gasteiger partial charge on any atom is 0.191 e. The molecule has 3 nitrogen and oxygen atoms in total. The zero-order valence-corrected chi connectivity index (χ0v) is 11.1. The summed E-state index contributed by atoms with van der Waals surface area (Å²) in [6.07, 6.45) is 3.59. The van der Waals surface area contributed by atoms with Crippen LogP contribution in [0.2, 0.25) is 5.02 Å². The van der Waals surface area contributed by atoms with Crippen LogP contribution in [0.1, 0.15) is 24.8 Å². The molecule has 96 valence electrons. The van der Waals surface area contributed by atoms with Gasteiger partial charge in [0.25, 0.3) is 0 Å². The van der Waals surface area contributed by atoms with Gasteiger partial charge < -0.3 is 10.6 Å². The second-order valence-corrected chi connectivity index (χ2v) is 5.59. The minimum atomic E-state index is 0.270. The Bertz CT molecular complexity index is 466. The summed E-state index contributed by atoms with van der Waals surface area (Å²) in [6.45, 7) is 2.90. The normalized spacial score (nSPS) is 20.8. The highest BCUT2D eigenvalue weighted by Crippen LogP contribution is 2.48. The zero-order chi connectivity index (χ0) is 12.4. The Hall–Kier alpha value is -1.22. The van der Waals surface area contributed by atoms with E-state index >= 15 is 0 Å². The molecule has 0 amide bonds. The van der Waals surface area contributed by atoms with Crippen molar-refractivity contribution in [2.75, 3.05) is 19.6 Å². The molecule has 1 aromatic rings. The molecule has 1 aliphatic carbocycles. The molecule has 1 aromatic carbocycles. The minimum Gasteiger partial charge on any atom is -0.356 e. The van der Waals surface area contributed by atoms with E-state index in [0.29, 0.717) is 0 Å². The van der Waals surface area contributed by atoms with Crippen molar-refractivity contribution in [1.29, 1.82) is 0 Å². The summed E-state index contributed by atoms with van der Waals surface area (Å²) in [7, 11) is 0. The lowest BCUT2D eigenvalue weighted by molar-refractivity contribution is 0.629. The number of hydrogen-bond acceptors (Lipinski definition) is 3. The maximum atomic E-state index is 6.07. The average Bonchev–Trinajstić information content (AvgIpc) is 3.19. The standard InChI is InChI=1S/C14H18ClN3/c15-12-4-1-3-11(9-12)14(5-6-14)10-18-13-16-7-2-8-17-13/h1,3-4,9H,2,5-8,10H2,(H2,16,17,18). The molecule has 1 saturated carbocycles. The number of rotatable bonds is 3. The van der Waals surface area contributed by atoms with Crippen molar-refractivity contribution in [3.63, 3.8) is 0 Å². The topological polar surface area (TPSA) is 36.4 Å². The molecule has 0 spiro atoms. The van der Waals surface area contributed by atoms with Crippen molar-refractivity contribution in [2.24, 2.45) is 4.99 Å². The Morgan fingerprint density at radius 1 is 1.39 bits per heavy atom. The first-order chi connectivity index (χ1) is 8.78. The van der Waals surface area contributed by atoms with Gasteiger partial charge in [-0.05, 0) is 37.0 Å². The number of guanidine groups is 1. The van der Waals surface area contributed by atoms with Crippen LogP contribution < -0.4 is 10.6 Å². The molecular weight excluding hydrogens is 246 g/mol. The third kappa shape index (κ3) is 2.46. The highest BCUT2D eigenvalue weighted by molar-refractivity contribution is 6.30. The predicted octanol–water partition coefficient (Wildman–Crippen LogP) is 2.31. The van der Waals surface area contributed by atoms with Crippen LogP contribution in [-0.4, -0.2) is 25.6 Å². The molecule has 0 atom stereocenters. The summed E-state index contributed by atoms with van der Waals surface area (Å²) >= 11 is 6.07. The number of nitrogens with zero attached hydrogens (tertiary/aromatic N) is 1. The van der Waals surface area contributed by atoms with Gasteiger partial charge in [-0.3, -0.25) is 4.99 Å². The molecule has 0 bridgehead atoms. The Kier molecular flexibility index (Phi) is 3.16. The maximum absolute atomic E-state index is 6.07. The van der Waals surface area contributed by atoms with Gasteiger partial charge in [0.2, 0.25) is 0 Å². The van der Waals surface area contributed by atoms with Gasteiger partial charge >= 0.3 is 0 Å². The van der Waals surface area contributed by atoms with Gasteiger partial charge in [-0.2, -0.15) is 0 Å². The number of halogens is 1. The highest BCUT2D eigenvalue weighted by atomic mass is 35.5. The summed E-state index contributed by atoms with van der Waals surface area (Å²) < 4.78 is 0. The predicted molar refractivity (Wildman–Crippen MR) is 75.3 cm³/mol. The van der Waals surface area contributed by atoms with Crippen LogP contribution in [-0.2, 0) is 5.41 Å². The second kappa shape index (κ2) is 4.81. The average molecular weight is 264 g/mol. The SMILES string of the molecule is Clc1cccc(C2(CNC3=NCCCN3)CC2)c1. The molecule has 2 aliphatic rings. The van der Waals surface area contributed by atoms with Crippen LogP contribution in [0, 0.1) is 0 Å². The molecule has 1 aliphatic heterocycles. The van der Waals surface area contributed by atoms with Crippen molar-refractivity contribution in [1.82, 2.24) is 10.6 Å². The van der Waals surface area contributed by atoms with E-state index in [1.807, 2.05) is 12.1 Å². The van der Waals surface area contributed by atoms with Crippen molar-refractivity contribution in [3.8, 4) is 0 Å². The van der Waals surface area contributed by atoms with E-state index in [0.717, 1.165) is 37.0 Å². The molecule has 2 N–H and O–H groups in total. The fraction of sp³-hybridized carbons (Fsp3) is 0.500. The summed E-state index contributed by atoms with van der Waals surface area (Å²) in [5.74, 6) is 0.953. The molecule has 1 heterocycles. The van der Waals surface area contributed by atoms with E-state index in [1.165, 1.54) is 18.4 Å². The Balaban J connectivity index is 1.66. The first-order valence-corrected chi connectivity index (χ1v) is 6.95. The van der Waals surface area contributed by atoms with Crippen LogP contribution in [0.15, 0.2) is 29.3 Å². The molecule has 0 radical (unpaired) electrons. The van der Waals surface area contributed by atoms with Gasteiger partial charge in [-0.25, -0.2) is 0 Å². The summed E-state index contributed by atoms with van der Waals surface area (Å²) in [5, 5.41) is 7.56. The first kappa shape index (κ1) is 11.8. The molecule has 0 saturated heterocycles. The van der Waals surface area contributed by atoms with Gasteiger partial charge in [0.1, 0.15) is 0 Å². The van der Waals surface area contributed by atoms with E-state index in [1.54, 1.807) is 0 Å². The molecular formula is C14H18ClN3. The largest absolute Gasteiger partial charge is 0.356 e. The van der Waals surface area contributed by atoms with Crippen molar-refractivity contribution >= 4 is 17.6 Å². The van der Waals surface area contributed by atoms with Gasteiger partial charge in [0, 0.05) is 30.1 Å². The van der Waals surface area contributed by atoms with Crippen LogP contribution in [0.5, 0.6) is 0 Å². The van der Waals surface area contributed by atoms with E-state index in [4.69, 9.17) is 11.6 Å². The number of benzene rings is 1. The van der Waals surface area contributed by atoms with E-state index < -0.39 is 0 Å². The molecule has 0 unspecified atom stereocenters. The quantitative estimate of drug-likeness (QED) is 0.878. The monoisotopic (exact) mass is 263 g/mol. The van der Waals surface area contributed by atoms with E-state index in [2.05, 4.69) is 27.8 Å². The molecule has 1 fully saturated rings. The summed E-state index contributed by atoms with van der Waals surface area (Å²) in [4.78, 5) is 4.44. The molecule has 4 heteroatoms. The Labute approximate surface area is 113 Å². The first-order valence-electron chi connectivity index (χ1n) is 6.57. The van der Waals surface area contributed by atoms with Gasteiger partial charge in [0.15, 0.2) is 5.96 Å². The lowest BCUT2D eigenvalue weighted by atomic mass is 9.96. The van der Waals surface area contributed by atoms with E-state index in [9.17, 15) is 0 Å². The van der Waals surface area contributed by atoms with Gasteiger partial charge in [-0.15, -0.1) is 0 Å². The van der Waals surface area contributed by atoms with Crippen LogP contribution in [0.4, 0.5) is 0 Å². The highest BCUT2D eigenvalue weighted by Gasteiger charge is 2.44. The van der Waals surface area contributed by atoms with Crippen molar-refractivity contribution in [2.45, 2.75) is 24.7 Å². The number of hydrogen-bond donors (Lipinski definition) is 2. The molecule has 3 rings (SSSR count). The lowest BCUT2D eigenvalue weighted by Gasteiger charge is -2.21. The number of nitrogens with one attached hydrogen (secondary N) is 2. The van der Waals surface area contributed by atoms with Crippen LogP contribution in [0.3, 0.4) is 0 Å². The van der Waals surface area contributed by atoms with Crippen molar-refractivity contribution < 1.29 is 0 Å². The third-order valence-electron chi connectivity index (χ3n) is 3.78. The van der Waals surface area contributed by atoms with Crippen molar-refractivity contribution in [3.05, 3.63) is 34.9 Å². The summed E-state index contributed by atoms with van der Waals surface area (Å²) in [5.41, 5.74) is 1.62. The Morgan fingerprint density at radius 3 is 2.94 bits per heavy atom. The molecule has 18 heavy (non-hydrogen) atoms. The smallest absolute Gasteiger partial charge is 0.191 e. The van der Waals surface area contributed by atoms with Gasteiger partial charge in [-0.1, -0.05) is 23.7 Å². The number of aliphatic imine (C=N–C) groups is 1. The van der Waals surface area contributed by atoms with E-state index in [-0.39, 0.29) is 5.41 Å². The summed E-state index contributed by atoms with van der Waals surface area (Å²) in [6, 6.07) is 8.23. The van der Waals surface area contributed by atoms with Gasteiger partial charge in [0.05, 0.1) is 0 Å².